The van der Waals surface area contributed by atoms with Crippen LogP contribution in [0.25, 0.3) is 0 Å². The number of ketones is 1. The van der Waals surface area contributed by atoms with Crippen LogP contribution in [0.2, 0.25) is 10.0 Å². The summed E-state index contributed by atoms with van der Waals surface area (Å²) in [4.78, 5) is 26.4. The Morgan fingerprint density at radius 1 is 1.03 bits per heavy atom. The van der Waals surface area contributed by atoms with Crippen molar-refractivity contribution in [3.8, 4) is 0 Å². The van der Waals surface area contributed by atoms with E-state index < -0.39 is 23.1 Å². The highest BCUT2D eigenvalue weighted by Crippen LogP contribution is 2.54. The fraction of sp³-hybridized carbons (Fsp3) is 0.355. The van der Waals surface area contributed by atoms with Crippen LogP contribution < -0.4 is 0 Å². The number of carbonyl (C=O) groups is 2. The van der Waals surface area contributed by atoms with Gasteiger partial charge in [-0.15, -0.1) is 0 Å². The molecule has 39 heavy (non-hydrogen) atoms. The number of carbonyl (C=O) groups excluding carboxylic acids is 1. The highest BCUT2D eigenvalue weighted by molar-refractivity contribution is 6.31. The second-order valence-electron chi connectivity index (χ2n) is 11.2. The van der Waals surface area contributed by atoms with Crippen molar-refractivity contribution < 1.29 is 29.6 Å². The summed E-state index contributed by atoms with van der Waals surface area (Å²) >= 11 is 12.4. The SMILES string of the molecule is CC(C)(O)c1ccc2c(c1)C(=O)C(Cc1ccc(Cl)cc1C(=O)O)[C@@]2(OCC1(CO)CC1)c1ccc(Cl)cc1. The van der Waals surface area contributed by atoms with Crippen molar-refractivity contribution in [1.82, 2.24) is 0 Å². The van der Waals surface area contributed by atoms with Crippen LogP contribution in [0.1, 0.15) is 69.7 Å². The molecule has 1 fully saturated rings. The first-order valence-electron chi connectivity index (χ1n) is 12.8. The second kappa shape index (κ2) is 10.0. The molecule has 0 heterocycles. The predicted octanol–water partition coefficient (Wildman–Crippen LogP) is 6.01. The summed E-state index contributed by atoms with van der Waals surface area (Å²) in [5.41, 5.74) is -0.0645. The second-order valence-corrected chi connectivity index (χ2v) is 12.1. The molecule has 0 saturated heterocycles. The number of ether oxygens (including phenoxy) is 1. The number of aliphatic hydroxyl groups excluding tert-OH is 1. The lowest BCUT2D eigenvalue weighted by atomic mass is 9.76. The Morgan fingerprint density at radius 3 is 2.28 bits per heavy atom. The maximum Gasteiger partial charge on any atom is 0.336 e. The number of Topliss-reactive ketones (excluding diaryl/α,β-unsaturated/α-hetero) is 1. The number of rotatable bonds is 9. The Hall–Kier alpha value is -2.74. The van der Waals surface area contributed by atoms with E-state index in [0.29, 0.717) is 32.8 Å². The minimum absolute atomic E-state index is 0.0162. The summed E-state index contributed by atoms with van der Waals surface area (Å²) in [7, 11) is 0. The van der Waals surface area contributed by atoms with Gasteiger partial charge in [-0.1, -0.05) is 53.5 Å². The summed E-state index contributed by atoms with van der Waals surface area (Å²) in [6.07, 6.45) is 1.69. The monoisotopic (exact) mass is 568 g/mol. The number of halogens is 2. The molecule has 0 radical (unpaired) electrons. The third kappa shape index (κ3) is 5.01. The summed E-state index contributed by atoms with van der Waals surface area (Å²) in [6.45, 7) is 3.49. The van der Waals surface area contributed by atoms with Crippen LogP contribution in [0.5, 0.6) is 0 Å². The number of hydrogen-bond acceptors (Lipinski definition) is 5. The zero-order valence-electron chi connectivity index (χ0n) is 21.7. The molecular formula is C31H30Cl2O6. The van der Waals surface area contributed by atoms with Crippen LogP contribution in [0.15, 0.2) is 60.7 Å². The van der Waals surface area contributed by atoms with Crippen molar-refractivity contribution in [3.63, 3.8) is 0 Å². The lowest BCUT2D eigenvalue weighted by Gasteiger charge is -2.38. The van der Waals surface area contributed by atoms with Gasteiger partial charge in [0.2, 0.25) is 0 Å². The van der Waals surface area contributed by atoms with Gasteiger partial charge in [0.05, 0.1) is 30.3 Å². The lowest BCUT2D eigenvalue weighted by Crippen LogP contribution is -2.41. The zero-order valence-corrected chi connectivity index (χ0v) is 23.2. The third-order valence-corrected chi connectivity index (χ3v) is 8.58. The molecule has 0 amide bonds. The quantitative estimate of drug-likeness (QED) is 0.292. The van der Waals surface area contributed by atoms with Crippen LogP contribution in [-0.4, -0.2) is 40.3 Å². The van der Waals surface area contributed by atoms with E-state index in [1.807, 2.05) is 18.2 Å². The normalized spacial score (nSPS) is 21.6. The van der Waals surface area contributed by atoms with Crippen LogP contribution in [0.3, 0.4) is 0 Å². The van der Waals surface area contributed by atoms with E-state index in [9.17, 15) is 24.9 Å². The van der Waals surface area contributed by atoms with E-state index in [0.717, 1.165) is 12.8 Å². The fourth-order valence-corrected chi connectivity index (χ4v) is 5.80. The largest absolute Gasteiger partial charge is 0.478 e. The molecule has 2 aliphatic rings. The first-order chi connectivity index (χ1) is 18.4. The highest BCUT2D eigenvalue weighted by atomic mass is 35.5. The summed E-state index contributed by atoms with van der Waals surface area (Å²) in [5.74, 6) is -2.19. The molecule has 3 aromatic carbocycles. The van der Waals surface area contributed by atoms with Crippen molar-refractivity contribution in [2.24, 2.45) is 11.3 Å². The Balaban J connectivity index is 1.73. The molecule has 6 nitrogen and oxygen atoms in total. The van der Waals surface area contributed by atoms with Gasteiger partial charge in [0.25, 0.3) is 0 Å². The molecule has 1 saturated carbocycles. The maximum absolute atomic E-state index is 14.3. The molecule has 5 rings (SSSR count). The Morgan fingerprint density at radius 2 is 1.69 bits per heavy atom. The predicted molar refractivity (Wildman–Crippen MR) is 149 cm³/mol. The van der Waals surface area contributed by atoms with Gasteiger partial charge in [-0.05, 0) is 85.7 Å². The Kier molecular flexibility index (Phi) is 7.15. The summed E-state index contributed by atoms with van der Waals surface area (Å²) < 4.78 is 6.81. The molecule has 204 valence electrons. The molecule has 1 unspecified atom stereocenters. The maximum atomic E-state index is 14.3. The van der Waals surface area contributed by atoms with Crippen LogP contribution in [0.4, 0.5) is 0 Å². The molecule has 2 atom stereocenters. The average molecular weight is 569 g/mol. The smallest absolute Gasteiger partial charge is 0.336 e. The molecular weight excluding hydrogens is 539 g/mol. The minimum atomic E-state index is -1.28. The number of fused-ring (bicyclic) bond motifs is 1. The van der Waals surface area contributed by atoms with E-state index in [-0.39, 0.29) is 41.4 Å². The molecule has 2 aliphatic carbocycles. The summed E-state index contributed by atoms with van der Waals surface area (Å²) in [5, 5.41) is 31.5. The topological polar surface area (TPSA) is 104 Å². The van der Waals surface area contributed by atoms with Crippen LogP contribution in [-0.2, 0) is 22.4 Å². The Labute approximate surface area is 237 Å². The number of hydrogen-bond donors (Lipinski definition) is 3. The first kappa shape index (κ1) is 27.8. The van der Waals surface area contributed by atoms with Gasteiger partial charge in [0, 0.05) is 21.0 Å². The highest BCUT2D eigenvalue weighted by Gasteiger charge is 2.56. The fourth-order valence-electron chi connectivity index (χ4n) is 5.50. The van der Waals surface area contributed by atoms with Gasteiger partial charge in [-0.3, -0.25) is 4.79 Å². The first-order valence-corrected chi connectivity index (χ1v) is 13.6. The lowest BCUT2D eigenvalue weighted by molar-refractivity contribution is -0.0724. The molecule has 3 aromatic rings. The van der Waals surface area contributed by atoms with Crippen molar-refractivity contribution in [3.05, 3.63) is 104 Å². The minimum Gasteiger partial charge on any atom is -0.478 e. The van der Waals surface area contributed by atoms with Crippen molar-refractivity contribution >= 4 is 35.0 Å². The third-order valence-electron chi connectivity index (χ3n) is 8.10. The Bertz CT molecular complexity index is 1440. The van der Waals surface area contributed by atoms with E-state index >= 15 is 0 Å². The van der Waals surface area contributed by atoms with Gasteiger partial charge in [-0.25, -0.2) is 4.79 Å². The molecule has 3 N–H and O–H groups in total. The zero-order chi connectivity index (χ0) is 28.2. The van der Waals surface area contributed by atoms with E-state index in [4.69, 9.17) is 27.9 Å². The van der Waals surface area contributed by atoms with Crippen LogP contribution in [0, 0.1) is 11.3 Å². The molecule has 0 aliphatic heterocycles. The molecule has 8 heteroatoms. The van der Waals surface area contributed by atoms with Gasteiger partial charge in [0.1, 0.15) is 5.60 Å². The molecule has 0 spiro atoms. The summed E-state index contributed by atoms with van der Waals surface area (Å²) in [6, 6.07) is 17.0. The number of aromatic carboxylic acids is 1. The van der Waals surface area contributed by atoms with Gasteiger partial charge in [0.15, 0.2) is 5.78 Å². The van der Waals surface area contributed by atoms with E-state index in [1.54, 1.807) is 50.2 Å². The van der Waals surface area contributed by atoms with E-state index in [2.05, 4.69) is 0 Å². The van der Waals surface area contributed by atoms with Crippen molar-refractivity contribution in [2.75, 3.05) is 13.2 Å². The molecule has 0 aromatic heterocycles. The standard InChI is InChI=1S/C31H30Cl2O6/c1-29(2,38)20-6-10-25-24(14-20)27(35)26(13-18-3-7-22(33)15-23(18)28(36)37)31(25,19-4-8-21(32)9-5-19)39-17-30(16-34)11-12-30/h3-10,14-15,26,34,38H,11-13,16-17H2,1-2H3,(H,36,37)/t26?,31-/m1/s1. The number of carboxylic acids is 1. The number of carboxylic acid groups (broad SMARTS) is 1. The van der Waals surface area contributed by atoms with Gasteiger partial charge >= 0.3 is 5.97 Å². The van der Waals surface area contributed by atoms with E-state index in [1.165, 1.54) is 6.07 Å². The number of benzene rings is 3. The molecule has 0 bridgehead atoms. The van der Waals surface area contributed by atoms with Crippen molar-refractivity contribution in [2.45, 2.75) is 44.3 Å². The number of aliphatic hydroxyl groups is 2. The van der Waals surface area contributed by atoms with Gasteiger partial charge in [-0.2, -0.15) is 0 Å². The van der Waals surface area contributed by atoms with Crippen molar-refractivity contribution in [1.29, 1.82) is 0 Å². The van der Waals surface area contributed by atoms with Gasteiger partial charge < -0.3 is 20.1 Å². The average Bonchev–Trinajstić information content (AvgIpc) is 3.64. The van der Waals surface area contributed by atoms with Crippen LogP contribution >= 0.6 is 23.2 Å².